The molecule has 0 bridgehead atoms. The van der Waals surface area contributed by atoms with E-state index in [9.17, 15) is 4.79 Å². The number of carbonyl (C=O) groups excluding carboxylic acids is 1. The van der Waals surface area contributed by atoms with Gasteiger partial charge < -0.3 is 15.4 Å². The molecule has 3 nitrogen and oxygen atoms in total. The Morgan fingerprint density at radius 2 is 2.06 bits per heavy atom. The number of anilines is 2. The Balaban J connectivity index is 2.65. The zero-order chi connectivity index (χ0) is 13.5. The summed E-state index contributed by atoms with van der Waals surface area (Å²) in [5.41, 5.74) is 9.82. The molecular formula is C15H20N2O. The zero-order valence-corrected chi connectivity index (χ0v) is 11.4. The molecule has 1 unspecified atom stereocenters. The van der Waals surface area contributed by atoms with Gasteiger partial charge in [-0.25, -0.2) is 0 Å². The number of fused-ring (bicyclic) bond motifs is 1. The van der Waals surface area contributed by atoms with Crippen LogP contribution < -0.4 is 10.6 Å². The molecule has 0 aromatic heterocycles. The van der Waals surface area contributed by atoms with E-state index in [1.54, 1.807) is 0 Å². The van der Waals surface area contributed by atoms with E-state index in [1.807, 2.05) is 25.1 Å². The molecule has 1 aliphatic rings. The maximum atomic E-state index is 11.2. The molecule has 0 amide bonds. The summed E-state index contributed by atoms with van der Waals surface area (Å²) in [6.45, 7) is 8.25. The van der Waals surface area contributed by atoms with Crippen molar-refractivity contribution in [3.05, 3.63) is 29.8 Å². The monoisotopic (exact) mass is 244 g/mol. The molecule has 2 rings (SSSR count). The quantitative estimate of drug-likeness (QED) is 0.642. The molecule has 0 spiro atoms. The lowest BCUT2D eigenvalue weighted by Gasteiger charge is -2.45. The van der Waals surface area contributed by atoms with Crippen molar-refractivity contribution in [3.8, 4) is 0 Å². The molecule has 0 radical (unpaired) electrons. The summed E-state index contributed by atoms with van der Waals surface area (Å²) < 4.78 is 0. The highest BCUT2D eigenvalue weighted by atomic mass is 16.1. The molecule has 18 heavy (non-hydrogen) atoms. The predicted octanol–water partition coefficient (Wildman–Crippen LogP) is 2.86. The Labute approximate surface area is 108 Å². The van der Waals surface area contributed by atoms with Gasteiger partial charge in [0.15, 0.2) is 0 Å². The lowest BCUT2D eigenvalue weighted by atomic mass is 9.87. The van der Waals surface area contributed by atoms with Gasteiger partial charge >= 0.3 is 0 Å². The largest absolute Gasteiger partial charge is 0.399 e. The Kier molecular flexibility index (Phi) is 2.93. The zero-order valence-electron chi connectivity index (χ0n) is 11.4. The molecule has 2 N–H and O–H groups in total. The summed E-state index contributed by atoms with van der Waals surface area (Å²) in [6.07, 6.45) is 3.17. The van der Waals surface area contributed by atoms with Gasteiger partial charge in [0.2, 0.25) is 0 Å². The van der Waals surface area contributed by atoms with Crippen molar-refractivity contribution >= 4 is 23.2 Å². The van der Waals surface area contributed by atoms with Gasteiger partial charge in [0.1, 0.15) is 6.29 Å². The van der Waals surface area contributed by atoms with Crippen LogP contribution in [0.1, 0.15) is 33.3 Å². The molecule has 0 saturated carbocycles. The second-order valence-corrected chi connectivity index (χ2v) is 5.50. The van der Waals surface area contributed by atoms with Gasteiger partial charge in [-0.05, 0) is 51.5 Å². The first-order chi connectivity index (χ1) is 8.36. The summed E-state index contributed by atoms with van der Waals surface area (Å²) >= 11 is 0. The standard InChI is InChI=1S/C15H20N2O/c1-10-8-15(3,4)17(11(2)9-18)14-6-5-12(16)7-13(10)14/h5-9,11H,16H2,1-4H3. The van der Waals surface area contributed by atoms with Crippen LogP contribution in [0.25, 0.3) is 5.57 Å². The molecule has 96 valence electrons. The highest BCUT2D eigenvalue weighted by molar-refractivity contribution is 5.85. The van der Waals surface area contributed by atoms with Crippen molar-refractivity contribution in [3.63, 3.8) is 0 Å². The van der Waals surface area contributed by atoms with Crippen LogP contribution in [0.4, 0.5) is 11.4 Å². The van der Waals surface area contributed by atoms with Crippen molar-refractivity contribution in [2.45, 2.75) is 39.3 Å². The van der Waals surface area contributed by atoms with Gasteiger partial charge in [-0.15, -0.1) is 0 Å². The molecule has 1 aromatic rings. The third-order valence-electron chi connectivity index (χ3n) is 3.50. The number of nitrogens with zero attached hydrogens (tertiary/aromatic N) is 1. The second kappa shape index (κ2) is 4.16. The Hall–Kier alpha value is -1.77. The molecule has 0 saturated heterocycles. The number of allylic oxidation sites excluding steroid dienone is 1. The van der Waals surface area contributed by atoms with E-state index >= 15 is 0 Å². The van der Waals surface area contributed by atoms with Gasteiger partial charge in [-0.1, -0.05) is 6.08 Å². The second-order valence-electron chi connectivity index (χ2n) is 5.50. The third-order valence-corrected chi connectivity index (χ3v) is 3.50. The average Bonchev–Trinajstić information content (AvgIpc) is 2.28. The minimum absolute atomic E-state index is 0.160. The molecular weight excluding hydrogens is 224 g/mol. The summed E-state index contributed by atoms with van der Waals surface area (Å²) in [6, 6.07) is 5.70. The predicted molar refractivity (Wildman–Crippen MR) is 76.6 cm³/mol. The summed E-state index contributed by atoms with van der Waals surface area (Å²) in [7, 11) is 0. The third kappa shape index (κ3) is 1.90. The van der Waals surface area contributed by atoms with E-state index in [2.05, 4.69) is 31.7 Å². The van der Waals surface area contributed by atoms with E-state index < -0.39 is 0 Å². The summed E-state index contributed by atoms with van der Waals surface area (Å²) in [5.74, 6) is 0. The first-order valence-corrected chi connectivity index (χ1v) is 6.21. The highest BCUT2D eigenvalue weighted by Crippen LogP contribution is 2.40. The van der Waals surface area contributed by atoms with Crippen molar-refractivity contribution < 1.29 is 4.79 Å². The van der Waals surface area contributed by atoms with Crippen molar-refractivity contribution in [2.75, 3.05) is 10.6 Å². The molecule has 0 aliphatic carbocycles. The van der Waals surface area contributed by atoms with Gasteiger partial charge in [-0.3, -0.25) is 0 Å². The molecule has 1 heterocycles. The first kappa shape index (κ1) is 12.7. The lowest BCUT2D eigenvalue weighted by Crippen LogP contribution is -2.50. The molecule has 1 atom stereocenters. The van der Waals surface area contributed by atoms with Crippen LogP contribution in [0.5, 0.6) is 0 Å². The number of aldehydes is 1. The van der Waals surface area contributed by atoms with Crippen LogP contribution >= 0.6 is 0 Å². The van der Waals surface area contributed by atoms with E-state index in [0.717, 1.165) is 23.2 Å². The van der Waals surface area contributed by atoms with Crippen LogP contribution in [0.3, 0.4) is 0 Å². The van der Waals surface area contributed by atoms with Crippen LogP contribution in [-0.4, -0.2) is 17.9 Å². The number of benzene rings is 1. The fraction of sp³-hybridized carbons (Fsp3) is 0.400. The van der Waals surface area contributed by atoms with Gasteiger partial charge in [-0.2, -0.15) is 0 Å². The van der Waals surface area contributed by atoms with Crippen molar-refractivity contribution in [1.29, 1.82) is 0 Å². The normalized spacial score (nSPS) is 18.9. The van der Waals surface area contributed by atoms with Crippen LogP contribution in [0.2, 0.25) is 0 Å². The van der Waals surface area contributed by atoms with Gasteiger partial charge in [0.25, 0.3) is 0 Å². The Bertz CT molecular complexity index is 517. The number of nitrogens with two attached hydrogens (primary N) is 1. The Morgan fingerprint density at radius 3 is 2.67 bits per heavy atom. The smallest absolute Gasteiger partial charge is 0.142 e. The van der Waals surface area contributed by atoms with E-state index in [0.29, 0.717) is 0 Å². The van der Waals surface area contributed by atoms with Crippen molar-refractivity contribution in [1.82, 2.24) is 0 Å². The minimum atomic E-state index is -0.173. The van der Waals surface area contributed by atoms with E-state index in [-0.39, 0.29) is 11.6 Å². The van der Waals surface area contributed by atoms with Crippen LogP contribution in [-0.2, 0) is 4.79 Å². The molecule has 0 fully saturated rings. The number of hydrogen-bond acceptors (Lipinski definition) is 3. The van der Waals surface area contributed by atoms with E-state index in [1.165, 1.54) is 5.57 Å². The Morgan fingerprint density at radius 1 is 1.39 bits per heavy atom. The fourth-order valence-electron chi connectivity index (χ4n) is 2.87. The maximum Gasteiger partial charge on any atom is 0.142 e. The van der Waals surface area contributed by atoms with Crippen LogP contribution in [0.15, 0.2) is 24.3 Å². The van der Waals surface area contributed by atoms with Gasteiger partial charge in [0, 0.05) is 16.9 Å². The molecule has 1 aliphatic heterocycles. The number of nitrogen functional groups attached to an aromatic ring is 1. The summed E-state index contributed by atoms with van der Waals surface area (Å²) in [4.78, 5) is 13.3. The highest BCUT2D eigenvalue weighted by Gasteiger charge is 2.34. The van der Waals surface area contributed by atoms with E-state index in [4.69, 9.17) is 5.73 Å². The summed E-state index contributed by atoms with van der Waals surface area (Å²) in [5, 5.41) is 0. The number of rotatable bonds is 2. The number of carbonyl (C=O) groups is 1. The SMILES string of the molecule is CC1=CC(C)(C)N(C(C)C=O)c2ccc(N)cc21. The average molecular weight is 244 g/mol. The fourth-order valence-corrected chi connectivity index (χ4v) is 2.87. The topological polar surface area (TPSA) is 46.3 Å². The van der Waals surface area contributed by atoms with Crippen molar-refractivity contribution in [2.24, 2.45) is 0 Å². The van der Waals surface area contributed by atoms with Gasteiger partial charge in [0.05, 0.1) is 11.6 Å². The number of hydrogen-bond donors (Lipinski definition) is 1. The molecule has 3 heteroatoms. The minimum Gasteiger partial charge on any atom is -0.399 e. The lowest BCUT2D eigenvalue weighted by molar-refractivity contribution is -0.108. The van der Waals surface area contributed by atoms with Crippen LogP contribution in [0, 0.1) is 0 Å². The molecule has 1 aromatic carbocycles. The first-order valence-electron chi connectivity index (χ1n) is 6.21. The maximum absolute atomic E-state index is 11.2.